The first-order valence-corrected chi connectivity index (χ1v) is 0.901. The summed E-state index contributed by atoms with van der Waals surface area (Å²) < 4.78 is 0. The van der Waals surface area contributed by atoms with Crippen LogP contribution in [0.2, 0.25) is 0 Å². The maximum atomic E-state index is 8.93. The van der Waals surface area contributed by atoms with Crippen molar-refractivity contribution in [1.82, 2.24) is 0 Å². The summed E-state index contributed by atoms with van der Waals surface area (Å²) in [4.78, 5) is 8.93. The molecule has 0 aromatic carbocycles. The Kier molecular flexibility index (Phi) is 16.0. The molecule has 1 nitrogen and oxygen atoms in total. The molecule has 0 unspecified atom stereocenters. The molecule has 0 aromatic heterocycles. The van der Waals surface area contributed by atoms with Crippen LogP contribution in [-0.2, 0) is 24.3 Å². The Hall–Kier alpha value is 0.0334. The van der Waals surface area contributed by atoms with Gasteiger partial charge in [-0.25, -0.2) is 12.7 Å². The summed E-state index contributed by atoms with van der Waals surface area (Å²) in [6, 6.07) is 0. The fourth-order valence-electron chi connectivity index (χ4n) is 0. The topological polar surface area (TPSA) is 17.1 Å². The molecular weight excluding hydrogens is 153 g/mol. The van der Waals surface area contributed by atoms with Gasteiger partial charge in [-0.1, -0.05) is 0 Å². The summed E-state index contributed by atoms with van der Waals surface area (Å²) in [6.45, 7) is 3.06. The standard InChI is InChI=1S/C3H3O.Ru/c1-2-3-4;/h2H,1H2;/q-1;+1. The quantitative estimate of drug-likeness (QED) is 0.303. The molecule has 5 heavy (non-hydrogen) atoms. The molecule has 0 bridgehead atoms. The zero-order valence-corrected chi connectivity index (χ0v) is 4.28. The Balaban J connectivity index is 0. The van der Waals surface area contributed by atoms with Gasteiger partial charge >= 0.3 is 19.5 Å². The van der Waals surface area contributed by atoms with Crippen molar-refractivity contribution in [3.63, 3.8) is 0 Å². The summed E-state index contributed by atoms with van der Waals surface area (Å²) in [7, 11) is 0. The molecule has 0 aliphatic carbocycles. The maximum absolute atomic E-state index is 8.93. The molecular formula is C3H3ORu. The van der Waals surface area contributed by atoms with Crippen LogP contribution in [0.3, 0.4) is 0 Å². The van der Waals surface area contributed by atoms with Crippen LogP contribution in [0.1, 0.15) is 0 Å². The monoisotopic (exact) mass is 157 g/mol. The van der Waals surface area contributed by atoms with Crippen LogP contribution in [0, 0.1) is 0 Å². The zero-order valence-electron chi connectivity index (χ0n) is 2.55. The van der Waals surface area contributed by atoms with Crippen molar-refractivity contribution in [1.29, 1.82) is 0 Å². The van der Waals surface area contributed by atoms with Gasteiger partial charge in [0, 0.05) is 0 Å². The van der Waals surface area contributed by atoms with Gasteiger partial charge in [-0.3, -0.25) is 0 Å². The van der Waals surface area contributed by atoms with Gasteiger partial charge in [0.05, 0.1) is 0 Å². The van der Waals surface area contributed by atoms with E-state index in [2.05, 4.69) is 6.58 Å². The van der Waals surface area contributed by atoms with Gasteiger partial charge in [0.1, 0.15) is 0 Å². The van der Waals surface area contributed by atoms with Crippen LogP contribution in [0.5, 0.6) is 0 Å². The summed E-state index contributed by atoms with van der Waals surface area (Å²) in [5.74, 6) is 0. The Morgan fingerprint density at radius 2 is 2.00 bits per heavy atom. The molecule has 0 spiro atoms. The van der Waals surface area contributed by atoms with Gasteiger partial charge in [-0.05, 0) is 6.29 Å². The molecule has 29 valence electrons. The second-order valence-electron chi connectivity index (χ2n) is 0.322. The van der Waals surface area contributed by atoms with Gasteiger partial charge in [0.25, 0.3) is 0 Å². The van der Waals surface area contributed by atoms with Crippen molar-refractivity contribution in [3.05, 3.63) is 12.7 Å². The van der Waals surface area contributed by atoms with Crippen molar-refractivity contribution in [2.45, 2.75) is 0 Å². The number of hydrogen-bond donors (Lipinski definition) is 0. The minimum atomic E-state index is 0. The van der Waals surface area contributed by atoms with E-state index >= 15 is 0 Å². The van der Waals surface area contributed by atoms with E-state index in [1.807, 2.05) is 0 Å². The minimum Gasteiger partial charge on any atom is -0.419 e. The van der Waals surface area contributed by atoms with Crippen LogP contribution in [0.4, 0.5) is 0 Å². The normalized spacial score (nSPS) is 4.00. The van der Waals surface area contributed by atoms with Crippen LogP contribution >= 0.6 is 0 Å². The molecule has 0 saturated carbocycles. The Morgan fingerprint density at radius 3 is 2.00 bits per heavy atom. The van der Waals surface area contributed by atoms with E-state index in [4.69, 9.17) is 4.79 Å². The number of rotatable bonds is 1. The van der Waals surface area contributed by atoms with Crippen LogP contribution in [0.15, 0.2) is 12.7 Å². The van der Waals surface area contributed by atoms with E-state index in [1.165, 1.54) is 6.29 Å². The van der Waals surface area contributed by atoms with Gasteiger partial charge in [-0.15, -0.1) is 0 Å². The Bertz CT molecular complexity index is 27.9. The summed E-state index contributed by atoms with van der Waals surface area (Å²) in [5.41, 5.74) is 0. The first-order valence-electron chi connectivity index (χ1n) is 0.901. The molecule has 0 saturated heterocycles. The predicted molar refractivity (Wildman–Crippen MR) is 15.9 cm³/mol. The van der Waals surface area contributed by atoms with Crippen LogP contribution < -0.4 is 0 Å². The molecule has 0 N–H and O–H groups in total. The third-order valence-corrected chi connectivity index (χ3v) is 0.0833. The Morgan fingerprint density at radius 1 is 1.80 bits per heavy atom. The molecule has 0 aliphatic heterocycles. The van der Waals surface area contributed by atoms with Gasteiger partial charge in [-0.2, -0.15) is 0 Å². The van der Waals surface area contributed by atoms with E-state index in [0.717, 1.165) is 6.08 Å². The average molecular weight is 156 g/mol. The molecule has 0 rings (SSSR count). The summed E-state index contributed by atoms with van der Waals surface area (Å²) in [5, 5.41) is 0. The van der Waals surface area contributed by atoms with Crippen molar-refractivity contribution in [3.8, 4) is 0 Å². The fraction of sp³-hybridized carbons (Fsp3) is 0. The molecule has 2 heteroatoms. The third kappa shape index (κ3) is 15.6. The molecule has 0 amide bonds. The van der Waals surface area contributed by atoms with E-state index in [0.29, 0.717) is 0 Å². The second-order valence-corrected chi connectivity index (χ2v) is 0.322. The van der Waals surface area contributed by atoms with Crippen LogP contribution in [-0.4, -0.2) is 6.29 Å². The van der Waals surface area contributed by atoms with Crippen molar-refractivity contribution < 1.29 is 24.3 Å². The largest absolute Gasteiger partial charge is 1.00 e. The van der Waals surface area contributed by atoms with E-state index in [9.17, 15) is 0 Å². The third-order valence-electron chi connectivity index (χ3n) is 0.0833. The smallest absolute Gasteiger partial charge is 0.419 e. The van der Waals surface area contributed by atoms with E-state index < -0.39 is 0 Å². The molecule has 0 atom stereocenters. The number of carbonyl (C=O) groups excluding carboxylic acids is 1. The molecule has 0 aliphatic rings. The molecule has 0 aromatic rings. The Labute approximate surface area is 43.8 Å². The van der Waals surface area contributed by atoms with Crippen molar-refractivity contribution in [2.75, 3.05) is 0 Å². The minimum absolute atomic E-state index is 0. The van der Waals surface area contributed by atoms with E-state index in [1.54, 1.807) is 0 Å². The molecule has 0 fully saturated rings. The van der Waals surface area contributed by atoms with Crippen molar-refractivity contribution in [2.24, 2.45) is 0 Å². The fourth-order valence-corrected chi connectivity index (χ4v) is 0. The van der Waals surface area contributed by atoms with E-state index in [-0.39, 0.29) is 19.5 Å². The number of allylic oxidation sites excluding steroid dienone is 1. The summed E-state index contributed by atoms with van der Waals surface area (Å²) >= 11 is 0. The maximum Gasteiger partial charge on any atom is 1.00 e. The number of hydrogen-bond acceptors (Lipinski definition) is 1. The SMILES string of the molecule is C=C[C-]=O.[Ru+]. The van der Waals surface area contributed by atoms with Gasteiger partial charge in [0.2, 0.25) is 0 Å². The van der Waals surface area contributed by atoms with Gasteiger partial charge < -0.3 is 4.79 Å². The summed E-state index contributed by atoms with van der Waals surface area (Å²) in [6.07, 6.45) is 2.51. The zero-order chi connectivity index (χ0) is 3.41. The predicted octanol–water partition coefficient (Wildman–Crippen LogP) is 0.280. The molecule has 0 heterocycles. The molecule has 1 radical (unpaired) electrons. The van der Waals surface area contributed by atoms with Crippen LogP contribution in [0.25, 0.3) is 0 Å². The van der Waals surface area contributed by atoms with Gasteiger partial charge in [0.15, 0.2) is 0 Å². The second kappa shape index (κ2) is 8.98. The van der Waals surface area contributed by atoms with Crippen molar-refractivity contribution >= 4 is 6.29 Å². The first-order chi connectivity index (χ1) is 1.91. The average Bonchev–Trinajstić information content (AvgIpc) is 1.37. The first kappa shape index (κ1) is 8.90.